The van der Waals surface area contributed by atoms with Crippen molar-refractivity contribution in [2.45, 2.75) is 24.2 Å². The Hall–Kier alpha value is -2.96. The van der Waals surface area contributed by atoms with Gasteiger partial charge in [-0.1, -0.05) is 6.92 Å². The second-order valence-electron chi connectivity index (χ2n) is 6.03. The van der Waals surface area contributed by atoms with E-state index in [9.17, 15) is 34.8 Å². The minimum absolute atomic E-state index is 0.175. The number of hydrogen-bond donors (Lipinski definition) is 0. The van der Waals surface area contributed by atoms with Gasteiger partial charge < -0.3 is 0 Å². The Morgan fingerprint density at radius 1 is 0.933 bits per heavy atom. The van der Waals surface area contributed by atoms with E-state index in [0.717, 1.165) is 35.3 Å². The van der Waals surface area contributed by atoms with Crippen LogP contribution < -0.4 is 0 Å². The summed E-state index contributed by atoms with van der Waals surface area (Å²) in [5.41, 5.74) is -2.35. The number of pyridine rings is 1. The van der Waals surface area contributed by atoms with Gasteiger partial charge >= 0.3 is 12.4 Å². The Labute approximate surface area is 166 Å². The normalized spacial score (nSPS) is 12.9. The van der Waals surface area contributed by atoms with Crippen LogP contribution in [-0.4, -0.2) is 33.9 Å². The maximum atomic E-state index is 13.0. The number of rotatable bonds is 4. The molecule has 0 spiro atoms. The van der Waals surface area contributed by atoms with Gasteiger partial charge in [-0.15, -0.1) is 5.10 Å². The van der Waals surface area contributed by atoms with Crippen molar-refractivity contribution in [3.63, 3.8) is 0 Å². The van der Waals surface area contributed by atoms with Crippen LogP contribution in [0.15, 0.2) is 47.8 Å². The van der Waals surface area contributed by atoms with Crippen molar-refractivity contribution in [2.75, 3.05) is 5.75 Å². The Morgan fingerprint density at radius 3 is 2.07 bits per heavy atom. The lowest BCUT2D eigenvalue weighted by atomic mass is 10.2. The zero-order valence-corrected chi connectivity index (χ0v) is 15.8. The number of halogens is 6. The average molecular weight is 450 g/mol. The monoisotopic (exact) mass is 450 g/mol. The predicted octanol–water partition coefficient (Wildman–Crippen LogP) is 4.16. The third kappa shape index (κ3) is 4.30. The molecular weight excluding hydrogens is 438 g/mol. The second kappa shape index (κ2) is 7.38. The Morgan fingerprint density at radius 2 is 1.53 bits per heavy atom. The molecule has 3 rings (SSSR count). The molecule has 0 bridgehead atoms. The van der Waals surface area contributed by atoms with Gasteiger partial charge in [0.1, 0.15) is 12.0 Å². The molecule has 6 nitrogen and oxygen atoms in total. The van der Waals surface area contributed by atoms with E-state index in [1.165, 1.54) is 6.92 Å². The number of alkyl halides is 6. The average Bonchev–Trinajstić information content (AvgIpc) is 3.16. The van der Waals surface area contributed by atoms with Gasteiger partial charge in [-0.05, 0) is 30.3 Å². The van der Waals surface area contributed by atoms with E-state index in [1.807, 2.05) is 0 Å². The van der Waals surface area contributed by atoms with Crippen LogP contribution in [0.1, 0.15) is 18.1 Å². The van der Waals surface area contributed by atoms with Crippen LogP contribution in [0.5, 0.6) is 0 Å². The molecule has 30 heavy (non-hydrogen) atoms. The van der Waals surface area contributed by atoms with Crippen molar-refractivity contribution in [3.05, 3.63) is 54.0 Å². The van der Waals surface area contributed by atoms with Gasteiger partial charge in [0.25, 0.3) is 0 Å². The van der Waals surface area contributed by atoms with Gasteiger partial charge in [0.2, 0.25) is 5.82 Å². The Kier molecular flexibility index (Phi) is 5.35. The van der Waals surface area contributed by atoms with Crippen molar-refractivity contribution in [3.8, 4) is 17.2 Å². The van der Waals surface area contributed by atoms with E-state index < -0.39 is 49.7 Å². The second-order valence-corrected chi connectivity index (χ2v) is 8.28. The molecular formula is C17H12F6N4O2S. The van der Waals surface area contributed by atoms with Crippen molar-refractivity contribution in [1.29, 1.82) is 0 Å². The van der Waals surface area contributed by atoms with Crippen molar-refractivity contribution >= 4 is 9.84 Å². The van der Waals surface area contributed by atoms with Crippen LogP contribution >= 0.6 is 0 Å². The number of sulfone groups is 1. The van der Waals surface area contributed by atoms with Crippen LogP contribution in [0.3, 0.4) is 0 Å². The summed E-state index contributed by atoms with van der Waals surface area (Å²) in [6.45, 7) is 1.26. The van der Waals surface area contributed by atoms with Gasteiger partial charge in [0.15, 0.2) is 9.84 Å². The number of nitrogens with zero attached hydrogens (tertiary/aromatic N) is 4. The van der Waals surface area contributed by atoms with Gasteiger partial charge in [-0.3, -0.25) is 4.98 Å². The maximum Gasteiger partial charge on any atom is 0.417 e. The largest absolute Gasteiger partial charge is 0.417 e. The van der Waals surface area contributed by atoms with E-state index in [1.54, 1.807) is 0 Å². The summed E-state index contributed by atoms with van der Waals surface area (Å²) >= 11 is 0. The SMILES string of the molecule is CCS(=O)(=O)c1cc(C(F)(F)F)cnc1-c1ncn(-c2ccc(C(F)(F)F)cc2)n1. The van der Waals surface area contributed by atoms with E-state index >= 15 is 0 Å². The van der Waals surface area contributed by atoms with E-state index in [0.29, 0.717) is 12.3 Å². The minimum atomic E-state index is -4.81. The Balaban J connectivity index is 2.06. The Bertz CT molecular complexity index is 1170. The van der Waals surface area contributed by atoms with E-state index in [4.69, 9.17) is 0 Å². The molecule has 13 heteroatoms. The lowest BCUT2D eigenvalue weighted by Gasteiger charge is -2.11. The first-order valence-corrected chi connectivity index (χ1v) is 9.88. The lowest BCUT2D eigenvalue weighted by molar-refractivity contribution is -0.138. The molecule has 0 unspecified atom stereocenters. The zero-order valence-electron chi connectivity index (χ0n) is 15.0. The smallest absolute Gasteiger partial charge is 0.251 e. The van der Waals surface area contributed by atoms with Gasteiger partial charge in [0, 0.05) is 6.20 Å². The molecule has 0 amide bonds. The maximum absolute atomic E-state index is 13.0. The topological polar surface area (TPSA) is 77.7 Å². The molecule has 0 aliphatic heterocycles. The van der Waals surface area contributed by atoms with Crippen LogP contribution in [-0.2, 0) is 22.2 Å². The summed E-state index contributed by atoms with van der Waals surface area (Å²) in [5.74, 6) is -0.779. The number of aromatic nitrogens is 4. The summed E-state index contributed by atoms with van der Waals surface area (Å²) < 4.78 is 103. The van der Waals surface area contributed by atoms with Gasteiger partial charge in [-0.2, -0.15) is 26.3 Å². The van der Waals surface area contributed by atoms with E-state index in [2.05, 4.69) is 15.1 Å². The quantitative estimate of drug-likeness (QED) is 0.558. The summed E-state index contributed by atoms with van der Waals surface area (Å²) in [5, 5.41) is 3.96. The van der Waals surface area contributed by atoms with Crippen LogP contribution in [0, 0.1) is 0 Å². The third-order valence-corrected chi connectivity index (χ3v) is 5.80. The molecule has 1 aromatic carbocycles. The molecule has 0 aliphatic carbocycles. The fourth-order valence-electron chi connectivity index (χ4n) is 2.46. The summed E-state index contributed by atoms with van der Waals surface area (Å²) in [4.78, 5) is 6.76. The van der Waals surface area contributed by atoms with Crippen molar-refractivity contribution in [1.82, 2.24) is 19.7 Å². The molecule has 160 valence electrons. The standard InChI is InChI=1S/C17H12F6N4O2S/c1-2-30(28,29)13-7-11(17(21,22)23)8-24-14(13)15-25-9-27(26-15)12-5-3-10(4-6-12)16(18,19)20/h3-9H,2H2,1H3. The minimum Gasteiger partial charge on any atom is -0.251 e. The molecule has 0 aliphatic rings. The first-order valence-electron chi connectivity index (χ1n) is 8.22. The van der Waals surface area contributed by atoms with Crippen LogP contribution in [0.2, 0.25) is 0 Å². The molecule has 0 radical (unpaired) electrons. The fourth-order valence-corrected chi connectivity index (χ4v) is 3.52. The molecule has 2 aromatic heterocycles. The highest BCUT2D eigenvalue weighted by Crippen LogP contribution is 2.33. The number of benzene rings is 1. The highest BCUT2D eigenvalue weighted by molar-refractivity contribution is 7.91. The molecule has 2 heterocycles. The number of hydrogen-bond acceptors (Lipinski definition) is 5. The lowest BCUT2D eigenvalue weighted by Crippen LogP contribution is -2.12. The van der Waals surface area contributed by atoms with Gasteiger partial charge in [0.05, 0.1) is 27.5 Å². The van der Waals surface area contributed by atoms with Crippen LogP contribution in [0.4, 0.5) is 26.3 Å². The molecule has 3 aromatic rings. The van der Waals surface area contributed by atoms with Gasteiger partial charge in [-0.25, -0.2) is 18.1 Å². The molecule has 0 saturated heterocycles. The molecule has 0 fully saturated rings. The first kappa shape index (κ1) is 21.7. The summed E-state index contributed by atoms with van der Waals surface area (Å²) in [6.07, 6.45) is -7.79. The first-order chi connectivity index (χ1) is 13.8. The molecule has 0 atom stereocenters. The highest BCUT2D eigenvalue weighted by Gasteiger charge is 2.34. The zero-order chi connectivity index (χ0) is 22.3. The summed E-state index contributed by atoms with van der Waals surface area (Å²) in [6, 6.07) is 4.33. The van der Waals surface area contributed by atoms with Crippen molar-refractivity contribution < 1.29 is 34.8 Å². The molecule has 0 N–H and O–H groups in total. The van der Waals surface area contributed by atoms with Crippen molar-refractivity contribution in [2.24, 2.45) is 0 Å². The fraction of sp³-hybridized carbons (Fsp3) is 0.235. The molecule has 0 saturated carbocycles. The van der Waals surface area contributed by atoms with E-state index in [-0.39, 0.29) is 11.5 Å². The predicted molar refractivity (Wildman–Crippen MR) is 92.3 cm³/mol. The van der Waals surface area contributed by atoms with Crippen LogP contribution in [0.25, 0.3) is 17.2 Å². The summed E-state index contributed by atoms with van der Waals surface area (Å²) in [7, 11) is -4.11. The third-order valence-electron chi connectivity index (χ3n) is 4.06. The highest BCUT2D eigenvalue weighted by atomic mass is 32.2.